The number of nitrogens with one attached hydrogen (secondary N) is 6. The van der Waals surface area contributed by atoms with Gasteiger partial charge in [0.2, 0.25) is 47.3 Å². The highest BCUT2D eigenvalue weighted by atomic mass is 16.4. The lowest BCUT2D eigenvalue weighted by atomic mass is 10.0. The van der Waals surface area contributed by atoms with Crippen LogP contribution in [0, 0.1) is 0 Å². The SMILES string of the molecule is C[C@H](N)C(=O)N[C@@H](Cc1ccc(O)cc1)C(=O)NCC(=O)N1CCC[C@H]1C(=O)NCC(=O)N1CCC[C@H]1C(=O)NCC(=O)N[C@@H](CCCCN)C(=O)N[C@@H](Cc1ccccc1)C(=O)O. The summed E-state index contributed by atoms with van der Waals surface area (Å²) in [4.78, 5) is 119. The van der Waals surface area contributed by atoms with Crippen LogP contribution in [0.2, 0.25) is 0 Å². The average Bonchev–Trinajstić information content (AvgIpc) is 3.98. The van der Waals surface area contributed by atoms with Crippen molar-refractivity contribution in [2.24, 2.45) is 11.5 Å². The standard InChI is InChI=1S/C43H60N10O11/c1-26(45)38(58)50-31(21-28-14-16-29(54)17-15-28)39(59)47-24-36(56)53-20-8-13-34(53)42(62)48-25-37(57)52-19-7-12-33(52)41(61)46-23-35(55)49-30(11-5-6-18-44)40(60)51-32(43(63)64)22-27-9-3-2-4-10-27/h2-4,9-10,14-17,26,30-34,54H,5-8,11-13,18-25,44-45H2,1H3,(H,46,61)(H,47,59)(H,48,62)(H,49,55)(H,50,58)(H,51,60)(H,63,64)/t26-,30-,31-,32-,33-,34-/m0/s1. The first-order valence-corrected chi connectivity index (χ1v) is 21.4. The molecular weight excluding hydrogens is 833 g/mol. The van der Waals surface area contributed by atoms with E-state index in [1.165, 1.54) is 28.9 Å². The second-order valence-corrected chi connectivity index (χ2v) is 15.9. The number of nitrogens with two attached hydrogens (primary N) is 2. The number of benzene rings is 2. The maximum Gasteiger partial charge on any atom is 0.326 e. The molecule has 0 bridgehead atoms. The van der Waals surface area contributed by atoms with E-state index < -0.39 is 109 Å². The largest absolute Gasteiger partial charge is 0.508 e. The Hall–Kier alpha value is -6.61. The summed E-state index contributed by atoms with van der Waals surface area (Å²) in [7, 11) is 0. The van der Waals surface area contributed by atoms with Gasteiger partial charge in [-0.2, -0.15) is 0 Å². The number of amides is 8. The summed E-state index contributed by atoms with van der Waals surface area (Å²) in [5.74, 6) is -6.24. The molecule has 12 N–H and O–H groups in total. The minimum atomic E-state index is -1.26. The minimum absolute atomic E-state index is 0.0199. The van der Waals surface area contributed by atoms with E-state index in [0.29, 0.717) is 49.8 Å². The quantitative estimate of drug-likeness (QED) is 0.0518. The summed E-state index contributed by atoms with van der Waals surface area (Å²) in [6, 6.07) is 8.52. The van der Waals surface area contributed by atoms with Gasteiger partial charge in [-0.1, -0.05) is 42.5 Å². The lowest BCUT2D eigenvalue weighted by molar-refractivity contribution is -0.142. The van der Waals surface area contributed by atoms with E-state index in [9.17, 15) is 53.4 Å². The number of hydrogen-bond donors (Lipinski definition) is 10. The number of aromatic hydroxyl groups is 1. The summed E-state index contributed by atoms with van der Waals surface area (Å²) in [6.45, 7) is 0.738. The van der Waals surface area contributed by atoms with Crippen molar-refractivity contribution in [3.05, 3.63) is 65.7 Å². The maximum atomic E-state index is 13.3. The van der Waals surface area contributed by atoms with Gasteiger partial charge >= 0.3 is 5.97 Å². The van der Waals surface area contributed by atoms with Crippen LogP contribution < -0.4 is 43.4 Å². The average molecular weight is 893 g/mol. The van der Waals surface area contributed by atoms with Gasteiger partial charge in [-0.05, 0) is 81.7 Å². The van der Waals surface area contributed by atoms with Crippen molar-refractivity contribution in [3.8, 4) is 5.75 Å². The number of carbonyl (C=O) groups is 9. The summed E-state index contributed by atoms with van der Waals surface area (Å²) >= 11 is 0. The van der Waals surface area contributed by atoms with E-state index in [4.69, 9.17) is 11.5 Å². The molecule has 0 unspecified atom stereocenters. The normalized spacial score (nSPS) is 17.5. The zero-order chi connectivity index (χ0) is 46.8. The molecular formula is C43H60N10O11. The Bertz CT molecular complexity index is 1970. The lowest BCUT2D eigenvalue weighted by Gasteiger charge is -2.26. The number of phenolic OH excluding ortho intramolecular Hbond substituents is 1. The van der Waals surface area contributed by atoms with Crippen LogP contribution in [-0.4, -0.2) is 149 Å². The number of carboxylic acid groups (broad SMARTS) is 1. The number of carboxylic acids is 1. The zero-order valence-electron chi connectivity index (χ0n) is 35.9. The van der Waals surface area contributed by atoms with Crippen LogP contribution in [0.25, 0.3) is 0 Å². The second kappa shape index (κ2) is 24.9. The third-order valence-electron chi connectivity index (χ3n) is 10.9. The van der Waals surface area contributed by atoms with Gasteiger partial charge in [0.15, 0.2) is 0 Å². The molecule has 21 heteroatoms. The number of carbonyl (C=O) groups excluding carboxylic acids is 8. The van der Waals surface area contributed by atoms with Gasteiger partial charge in [0.25, 0.3) is 0 Å². The maximum absolute atomic E-state index is 13.3. The number of hydrogen-bond acceptors (Lipinski definition) is 12. The summed E-state index contributed by atoms with van der Waals surface area (Å²) in [5, 5.41) is 34.6. The van der Waals surface area contributed by atoms with E-state index in [1.807, 2.05) is 0 Å². The molecule has 0 saturated carbocycles. The summed E-state index contributed by atoms with van der Waals surface area (Å²) in [6.07, 6.45) is 2.79. The van der Waals surface area contributed by atoms with Gasteiger partial charge in [-0.25, -0.2) is 4.79 Å². The van der Waals surface area contributed by atoms with Crippen LogP contribution in [-0.2, 0) is 56.0 Å². The molecule has 2 aromatic carbocycles. The number of unbranched alkanes of at least 4 members (excludes halogenated alkanes) is 1. The Morgan fingerprint density at radius 3 is 1.75 bits per heavy atom. The molecule has 348 valence electrons. The molecule has 0 spiro atoms. The molecule has 6 atom stereocenters. The summed E-state index contributed by atoms with van der Waals surface area (Å²) in [5.41, 5.74) is 12.6. The third kappa shape index (κ3) is 15.3. The molecule has 4 rings (SSSR count). The molecule has 2 heterocycles. The highest BCUT2D eigenvalue weighted by molar-refractivity contribution is 5.96. The zero-order valence-corrected chi connectivity index (χ0v) is 35.9. The fourth-order valence-electron chi connectivity index (χ4n) is 7.44. The highest BCUT2D eigenvalue weighted by Gasteiger charge is 2.37. The molecule has 21 nitrogen and oxygen atoms in total. The Labute approximate surface area is 370 Å². The van der Waals surface area contributed by atoms with Crippen LogP contribution >= 0.6 is 0 Å². The van der Waals surface area contributed by atoms with Crippen LogP contribution in [0.5, 0.6) is 5.75 Å². The Morgan fingerprint density at radius 2 is 1.19 bits per heavy atom. The van der Waals surface area contributed by atoms with E-state index in [2.05, 4.69) is 31.9 Å². The predicted molar refractivity (Wildman–Crippen MR) is 230 cm³/mol. The molecule has 0 radical (unpaired) electrons. The highest BCUT2D eigenvalue weighted by Crippen LogP contribution is 2.20. The lowest BCUT2D eigenvalue weighted by Crippen LogP contribution is -2.55. The van der Waals surface area contributed by atoms with Gasteiger partial charge in [-0.15, -0.1) is 0 Å². The smallest absolute Gasteiger partial charge is 0.326 e. The van der Waals surface area contributed by atoms with E-state index in [1.54, 1.807) is 42.5 Å². The van der Waals surface area contributed by atoms with Crippen molar-refractivity contribution in [3.63, 3.8) is 0 Å². The minimum Gasteiger partial charge on any atom is -0.508 e. The van der Waals surface area contributed by atoms with Gasteiger partial charge in [0.1, 0.15) is 36.0 Å². The fourth-order valence-corrected chi connectivity index (χ4v) is 7.44. The summed E-state index contributed by atoms with van der Waals surface area (Å²) < 4.78 is 0. The number of aliphatic carboxylic acids is 1. The monoisotopic (exact) mass is 892 g/mol. The van der Waals surface area contributed by atoms with E-state index in [-0.39, 0.29) is 44.5 Å². The van der Waals surface area contributed by atoms with E-state index in [0.717, 1.165) is 0 Å². The molecule has 2 aliphatic rings. The fraction of sp³-hybridized carbons (Fsp3) is 0.512. The first kappa shape index (κ1) is 50.0. The van der Waals surface area contributed by atoms with Crippen molar-refractivity contribution >= 4 is 53.2 Å². The first-order chi connectivity index (χ1) is 30.6. The Balaban J connectivity index is 1.26. The van der Waals surface area contributed by atoms with Gasteiger partial charge in [-0.3, -0.25) is 38.4 Å². The molecule has 0 aliphatic carbocycles. The number of nitrogens with zero attached hydrogens (tertiary/aromatic N) is 2. The van der Waals surface area contributed by atoms with Crippen molar-refractivity contribution in [1.29, 1.82) is 0 Å². The number of phenols is 1. The van der Waals surface area contributed by atoms with Gasteiger partial charge < -0.3 is 63.4 Å². The van der Waals surface area contributed by atoms with Crippen LogP contribution in [0.3, 0.4) is 0 Å². The molecule has 2 aliphatic heterocycles. The Morgan fingerprint density at radius 1 is 0.656 bits per heavy atom. The Kier molecular flexibility index (Phi) is 19.5. The third-order valence-corrected chi connectivity index (χ3v) is 10.9. The van der Waals surface area contributed by atoms with E-state index >= 15 is 0 Å². The van der Waals surface area contributed by atoms with Gasteiger partial charge in [0.05, 0.1) is 25.7 Å². The first-order valence-electron chi connectivity index (χ1n) is 21.4. The molecule has 2 aromatic rings. The van der Waals surface area contributed by atoms with Crippen molar-refractivity contribution in [2.45, 2.75) is 101 Å². The predicted octanol–water partition coefficient (Wildman–Crippen LogP) is -2.48. The number of likely N-dealkylation sites (tertiary alicyclic amines) is 2. The van der Waals surface area contributed by atoms with Crippen molar-refractivity contribution in [1.82, 2.24) is 41.7 Å². The molecule has 2 saturated heterocycles. The van der Waals surface area contributed by atoms with Crippen LogP contribution in [0.1, 0.15) is 63.0 Å². The van der Waals surface area contributed by atoms with Gasteiger partial charge in [0, 0.05) is 25.9 Å². The molecule has 0 aromatic heterocycles. The molecule has 64 heavy (non-hydrogen) atoms. The van der Waals surface area contributed by atoms with Crippen LogP contribution in [0.15, 0.2) is 54.6 Å². The number of rotatable bonds is 23. The van der Waals surface area contributed by atoms with Crippen LogP contribution in [0.4, 0.5) is 0 Å². The van der Waals surface area contributed by atoms with Crippen molar-refractivity contribution in [2.75, 3.05) is 39.3 Å². The van der Waals surface area contributed by atoms with Crippen molar-refractivity contribution < 1.29 is 53.4 Å². The second-order valence-electron chi connectivity index (χ2n) is 15.9. The topological polar surface area (TPSA) is 325 Å². The molecule has 8 amide bonds. The molecule has 2 fully saturated rings.